The lowest BCUT2D eigenvalue weighted by molar-refractivity contribution is -0.276. The smallest absolute Gasteiger partial charge is 0.205 e. The highest BCUT2D eigenvalue weighted by molar-refractivity contribution is 9.11. The van der Waals surface area contributed by atoms with E-state index in [1.165, 1.54) is 0 Å². The molecular formula is C10H14BrNO2S. The van der Waals surface area contributed by atoms with Crippen LogP contribution >= 0.6 is 27.3 Å². The standard InChI is InChI=1S/C10H14BrNO2S/c11-9-3-2-8(15-9)10(4-5-12)13-6-1-7-14-10/h2-3H,1,4-7,12H2. The molecule has 84 valence electrons. The van der Waals surface area contributed by atoms with Gasteiger partial charge in [-0.05, 0) is 41.0 Å². The van der Waals surface area contributed by atoms with Crippen LogP contribution in [0.2, 0.25) is 0 Å². The third-order valence-electron chi connectivity index (χ3n) is 2.38. The lowest BCUT2D eigenvalue weighted by atomic mass is 10.1. The van der Waals surface area contributed by atoms with E-state index in [-0.39, 0.29) is 0 Å². The molecule has 1 aromatic heterocycles. The Morgan fingerprint density at radius 2 is 2.13 bits per heavy atom. The zero-order chi connectivity index (χ0) is 10.7. The highest BCUT2D eigenvalue weighted by atomic mass is 79.9. The number of thiophene rings is 1. The zero-order valence-corrected chi connectivity index (χ0v) is 10.8. The van der Waals surface area contributed by atoms with Gasteiger partial charge in [0.15, 0.2) is 0 Å². The molecule has 1 saturated heterocycles. The summed E-state index contributed by atoms with van der Waals surface area (Å²) in [5.74, 6) is -0.594. The molecule has 0 amide bonds. The molecule has 1 fully saturated rings. The van der Waals surface area contributed by atoms with E-state index in [0.29, 0.717) is 13.0 Å². The Morgan fingerprint density at radius 1 is 1.40 bits per heavy atom. The largest absolute Gasteiger partial charge is 0.345 e. The molecule has 0 spiro atoms. The molecule has 3 nitrogen and oxygen atoms in total. The van der Waals surface area contributed by atoms with Gasteiger partial charge in [0, 0.05) is 6.42 Å². The summed E-state index contributed by atoms with van der Waals surface area (Å²) in [6.07, 6.45) is 1.67. The fourth-order valence-corrected chi connectivity index (χ4v) is 3.21. The number of ether oxygens (including phenoxy) is 2. The van der Waals surface area contributed by atoms with E-state index in [9.17, 15) is 0 Å². The Balaban J connectivity index is 2.24. The van der Waals surface area contributed by atoms with Gasteiger partial charge < -0.3 is 15.2 Å². The number of halogens is 1. The van der Waals surface area contributed by atoms with Crippen LogP contribution < -0.4 is 5.73 Å². The average molecular weight is 292 g/mol. The Morgan fingerprint density at radius 3 is 2.67 bits per heavy atom. The molecule has 0 radical (unpaired) electrons. The van der Waals surface area contributed by atoms with Crippen LogP contribution in [0.1, 0.15) is 17.7 Å². The Labute approximate surface area is 102 Å². The predicted octanol–water partition coefficient (Wildman–Crippen LogP) is 2.45. The third kappa shape index (κ3) is 2.42. The molecule has 0 saturated carbocycles. The molecular weight excluding hydrogens is 278 g/mol. The van der Waals surface area contributed by atoms with Crippen LogP contribution in [0.3, 0.4) is 0 Å². The van der Waals surface area contributed by atoms with Gasteiger partial charge in [-0.1, -0.05) is 0 Å². The molecule has 1 aliphatic heterocycles. The van der Waals surface area contributed by atoms with Crippen molar-refractivity contribution in [2.24, 2.45) is 5.73 Å². The van der Waals surface area contributed by atoms with Crippen molar-refractivity contribution in [3.63, 3.8) is 0 Å². The van der Waals surface area contributed by atoms with Crippen molar-refractivity contribution in [2.75, 3.05) is 19.8 Å². The maximum atomic E-state index is 5.79. The Kier molecular flexibility index (Phi) is 3.79. The maximum Gasteiger partial charge on any atom is 0.205 e. The second-order valence-corrected chi connectivity index (χ2v) is 5.91. The average Bonchev–Trinajstić information content (AvgIpc) is 2.67. The lowest BCUT2D eigenvalue weighted by Crippen LogP contribution is -2.39. The topological polar surface area (TPSA) is 44.5 Å². The number of rotatable bonds is 3. The molecule has 2 heterocycles. The molecule has 15 heavy (non-hydrogen) atoms. The zero-order valence-electron chi connectivity index (χ0n) is 8.37. The second-order valence-electron chi connectivity index (χ2n) is 3.45. The number of hydrogen-bond acceptors (Lipinski definition) is 4. The van der Waals surface area contributed by atoms with Gasteiger partial charge in [-0.15, -0.1) is 11.3 Å². The van der Waals surface area contributed by atoms with Gasteiger partial charge in [0.05, 0.1) is 21.9 Å². The van der Waals surface area contributed by atoms with Crippen LogP contribution in [0.5, 0.6) is 0 Å². The molecule has 2 rings (SSSR count). The molecule has 0 unspecified atom stereocenters. The van der Waals surface area contributed by atoms with Gasteiger partial charge in [0.2, 0.25) is 5.79 Å². The van der Waals surface area contributed by atoms with E-state index in [1.54, 1.807) is 11.3 Å². The van der Waals surface area contributed by atoms with Crippen molar-refractivity contribution in [3.05, 3.63) is 20.8 Å². The van der Waals surface area contributed by atoms with Crippen LogP contribution in [0.4, 0.5) is 0 Å². The molecule has 2 N–H and O–H groups in total. The SMILES string of the molecule is NCCC1(c2ccc(Br)s2)OCCCO1. The van der Waals surface area contributed by atoms with E-state index in [1.807, 2.05) is 12.1 Å². The molecule has 1 aromatic rings. The third-order valence-corrected chi connectivity index (χ3v) is 4.13. The van der Waals surface area contributed by atoms with Gasteiger partial charge in [0.1, 0.15) is 0 Å². The van der Waals surface area contributed by atoms with Crippen LogP contribution in [-0.4, -0.2) is 19.8 Å². The van der Waals surface area contributed by atoms with Gasteiger partial charge in [-0.2, -0.15) is 0 Å². The van der Waals surface area contributed by atoms with Crippen LogP contribution in [0.25, 0.3) is 0 Å². The maximum absolute atomic E-state index is 5.79. The first-order valence-electron chi connectivity index (χ1n) is 5.01. The molecule has 1 aliphatic rings. The van der Waals surface area contributed by atoms with Crippen molar-refractivity contribution in [3.8, 4) is 0 Å². The van der Waals surface area contributed by atoms with E-state index in [0.717, 1.165) is 28.3 Å². The van der Waals surface area contributed by atoms with E-state index in [4.69, 9.17) is 15.2 Å². The monoisotopic (exact) mass is 291 g/mol. The number of nitrogens with two attached hydrogens (primary N) is 1. The number of hydrogen-bond donors (Lipinski definition) is 1. The predicted molar refractivity (Wildman–Crippen MR) is 63.9 cm³/mol. The molecule has 0 aliphatic carbocycles. The minimum Gasteiger partial charge on any atom is -0.345 e. The summed E-state index contributed by atoms with van der Waals surface area (Å²) in [6.45, 7) is 2.06. The van der Waals surface area contributed by atoms with E-state index >= 15 is 0 Å². The van der Waals surface area contributed by atoms with Gasteiger partial charge in [-0.3, -0.25) is 0 Å². The first-order valence-corrected chi connectivity index (χ1v) is 6.61. The molecule has 5 heteroatoms. The lowest BCUT2D eigenvalue weighted by Gasteiger charge is -2.36. The van der Waals surface area contributed by atoms with Crippen molar-refractivity contribution in [2.45, 2.75) is 18.6 Å². The minimum absolute atomic E-state index is 0.565. The summed E-state index contributed by atoms with van der Waals surface area (Å²) in [6, 6.07) is 4.05. The highest BCUT2D eigenvalue weighted by Crippen LogP contribution is 2.39. The van der Waals surface area contributed by atoms with Crippen molar-refractivity contribution >= 4 is 27.3 Å². The van der Waals surface area contributed by atoms with Crippen LogP contribution in [-0.2, 0) is 15.3 Å². The quantitative estimate of drug-likeness (QED) is 0.930. The fourth-order valence-electron chi connectivity index (χ4n) is 1.69. The summed E-state index contributed by atoms with van der Waals surface area (Å²) in [5, 5.41) is 0. The summed E-state index contributed by atoms with van der Waals surface area (Å²) in [5.41, 5.74) is 5.62. The van der Waals surface area contributed by atoms with Crippen LogP contribution in [0.15, 0.2) is 15.9 Å². The summed E-state index contributed by atoms with van der Waals surface area (Å²) >= 11 is 5.09. The molecule has 0 aromatic carbocycles. The van der Waals surface area contributed by atoms with Crippen LogP contribution in [0, 0.1) is 0 Å². The van der Waals surface area contributed by atoms with E-state index in [2.05, 4.69) is 15.9 Å². The van der Waals surface area contributed by atoms with Gasteiger partial charge in [0.25, 0.3) is 0 Å². The van der Waals surface area contributed by atoms with Crippen molar-refractivity contribution in [1.29, 1.82) is 0 Å². The van der Waals surface area contributed by atoms with Crippen molar-refractivity contribution in [1.82, 2.24) is 0 Å². The van der Waals surface area contributed by atoms with Gasteiger partial charge >= 0.3 is 0 Å². The van der Waals surface area contributed by atoms with Crippen molar-refractivity contribution < 1.29 is 9.47 Å². The highest BCUT2D eigenvalue weighted by Gasteiger charge is 2.37. The van der Waals surface area contributed by atoms with Gasteiger partial charge in [-0.25, -0.2) is 0 Å². The second kappa shape index (κ2) is 4.93. The Hall–Kier alpha value is 0.0600. The first kappa shape index (κ1) is 11.5. The molecule has 0 bridgehead atoms. The minimum atomic E-state index is -0.594. The summed E-state index contributed by atoms with van der Waals surface area (Å²) in [4.78, 5) is 1.10. The Bertz CT molecular complexity index is 317. The summed E-state index contributed by atoms with van der Waals surface area (Å²) in [7, 11) is 0. The fraction of sp³-hybridized carbons (Fsp3) is 0.600. The molecule has 0 atom stereocenters. The summed E-state index contributed by atoms with van der Waals surface area (Å²) < 4.78 is 12.7. The normalized spacial score (nSPS) is 20.4. The van der Waals surface area contributed by atoms with E-state index < -0.39 is 5.79 Å². The first-order chi connectivity index (χ1) is 7.27.